The minimum atomic E-state index is -1.74. The minimum Gasteiger partial charge on any atom is -0.494 e. The van der Waals surface area contributed by atoms with E-state index in [1.54, 1.807) is 36.7 Å². The van der Waals surface area contributed by atoms with E-state index in [9.17, 15) is 14.9 Å². The van der Waals surface area contributed by atoms with Gasteiger partial charge in [-0.3, -0.25) is 9.59 Å². The molecule has 1 N–H and O–H groups in total. The van der Waals surface area contributed by atoms with E-state index in [2.05, 4.69) is 11.4 Å². The molecule has 1 heterocycles. The molecule has 0 aliphatic heterocycles. The number of aromatic nitrogens is 1. The monoisotopic (exact) mass is 516 g/mol. The van der Waals surface area contributed by atoms with Gasteiger partial charge in [-0.2, -0.15) is 5.26 Å². The fraction of sp³-hybridized carbons (Fsp3) is 0.433. The zero-order valence-corrected chi connectivity index (χ0v) is 22.8. The smallest absolute Gasteiger partial charge is 0.268 e. The summed E-state index contributed by atoms with van der Waals surface area (Å²) in [5, 5.41) is 14.1. The average Bonchev–Trinajstić information content (AvgIpc) is 3.35. The predicted octanol–water partition coefficient (Wildman–Crippen LogP) is 5.18. The number of nitriles is 1. The molecule has 1 aromatic heterocycles. The number of hydrogen-bond acceptors (Lipinski definition) is 5. The van der Waals surface area contributed by atoms with Crippen LogP contribution in [0.1, 0.15) is 55.1 Å². The van der Waals surface area contributed by atoms with E-state index in [0.29, 0.717) is 29.2 Å². The molecule has 1 aliphatic carbocycles. The number of ether oxygens (including phenoxy) is 2. The first-order chi connectivity index (χ1) is 18.3. The molecule has 200 valence electrons. The Labute approximate surface area is 224 Å². The zero-order valence-electron chi connectivity index (χ0n) is 22.8. The van der Waals surface area contributed by atoms with Crippen molar-refractivity contribution in [3.8, 4) is 17.6 Å². The van der Waals surface area contributed by atoms with Crippen LogP contribution in [0, 0.1) is 24.2 Å². The number of nitrogens with zero attached hydrogens (tertiary/aromatic N) is 3. The maximum atomic E-state index is 14.7. The van der Waals surface area contributed by atoms with Crippen LogP contribution in [-0.4, -0.2) is 44.2 Å². The Bertz CT molecular complexity index is 1360. The average molecular weight is 517 g/mol. The van der Waals surface area contributed by atoms with Crippen LogP contribution in [0.5, 0.6) is 11.5 Å². The summed E-state index contributed by atoms with van der Waals surface area (Å²) in [5.74, 6) is 0.439. The Hall–Kier alpha value is -3.99. The lowest BCUT2D eigenvalue weighted by atomic mass is 9.88. The summed E-state index contributed by atoms with van der Waals surface area (Å²) in [7, 11) is 4.66. The van der Waals surface area contributed by atoms with Gasteiger partial charge in [0.15, 0.2) is 0 Å². The zero-order chi connectivity index (χ0) is 27.4. The van der Waals surface area contributed by atoms with Gasteiger partial charge in [0.05, 0.1) is 19.7 Å². The van der Waals surface area contributed by atoms with E-state index in [0.717, 1.165) is 36.6 Å². The normalized spacial score (nSPS) is 15.4. The van der Waals surface area contributed by atoms with Gasteiger partial charge in [-0.15, -0.1) is 0 Å². The van der Waals surface area contributed by atoms with Crippen LogP contribution in [-0.2, 0) is 10.3 Å². The lowest BCUT2D eigenvalue weighted by molar-refractivity contribution is -0.124. The summed E-state index contributed by atoms with van der Waals surface area (Å²) in [5.41, 5.74) is 0.556. The van der Waals surface area contributed by atoms with Crippen molar-refractivity contribution in [2.75, 3.05) is 32.7 Å². The molecule has 1 aliphatic rings. The van der Waals surface area contributed by atoms with E-state index in [4.69, 9.17) is 9.47 Å². The fourth-order valence-electron chi connectivity index (χ4n) is 5.58. The number of hydrogen-bond donors (Lipinski definition) is 1. The summed E-state index contributed by atoms with van der Waals surface area (Å²) in [4.78, 5) is 29.4. The molecule has 0 bridgehead atoms. The molecule has 1 atom stereocenters. The van der Waals surface area contributed by atoms with Crippen molar-refractivity contribution in [3.63, 3.8) is 0 Å². The quantitative estimate of drug-likeness (QED) is 0.445. The lowest BCUT2D eigenvalue weighted by Crippen LogP contribution is -2.51. The molecule has 3 aromatic rings. The van der Waals surface area contributed by atoms with Gasteiger partial charge < -0.3 is 24.3 Å². The second-order valence-corrected chi connectivity index (χ2v) is 10.1. The van der Waals surface area contributed by atoms with Crippen molar-refractivity contribution < 1.29 is 19.1 Å². The van der Waals surface area contributed by atoms with Gasteiger partial charge in [-0.1, -0.05) is 37.5 Å². The Morgan fingerprint density at radius 2 is 1.74 bits per heavy atom. The molecule has 38 heavy (non-hydrogen) atoms. The van der Waals surface area contributed by atoms with Gasteiger partial charge in [-0.25, -0.2) is 0 Å². The van der Waals surface area contributed by atoms with Crippen molar-refractivity contribution in [1.82, 2.24) is 9.88 Å². The second kappa shape index (κ2) is 11.2. The van der Waals surface area contributed by atoms with Gasteiger partial charge in [0.1, 0.15) is 28.9 Å². The number of methoxy groups -OCH3 is 2. The number of anilines is 1. The first kappa shape index (κ1) is 27.1. The molecule has 0 radical (unpaired) electrons. The number of aryl methyl sites for hydroxylation is 1. The molecule has 0 saturated heterocycles. The summed E-state index contributed by atoms with van der Waals surface area (Å²) in [6, 6.07) is 15.1. The molecule has 8 heteroatoms. The SMILES string of the molecule is CNC(=O)c1cc2ccccc2n1C(C)(C#N)C(=O)N(CC1CCCCC1)c1c(OC)cc(C)cc1OC. The predicted molar refractivity (Wildman–Crippen MR) is 148 cm³/mol. The van der Waals surface area contributed by atoms with E-state index in [-0.39, 0.29) is 17.5 Å². The van der Waals surface area contributed by atoms with Gasteiger partial charge in [-0.05, 0) is 62.4 Å². The molecule has 4 rings (SSSR count). The third kappa shape index (κ3) is 4.81. The van der Waals surface area contributed by atoms with Crippen molar-refractivity contribution in [1.29, 1.82) is 5.26 Å². The molecule has 1 saturated carbocycles. The van der Waals surface area contributed by atoms with E-state index in [1.165, 1.54) is 13.5 Å². The number of fused-ring (bicyclic) bond motifs is 1. The topological polar surface area (TPSA) is 96.6 Å². The number of carbonyl (C=O) groups excluding carboxylic acids is 2. The highest BCUT2D eigenvalue weighted by molar-refractivity contribution is 6.06. The molecular formula is C30H36N4O4. The van der Waals surface area contributed by atoms with E-state index >= 15 is 0 Å². The Kier molecular flexibility index (Phi) is 7.96. The van der Waals surface area contributed by atoms with Gasteiger partial charge in [0.2, 0.25) is 5.54 Å². The number of para-hydroxylation sites is 1. The number of benzene rings is 2. The first-order valence-corrected chi connectivity index (χ1v) is 13.1. The number of amides is 2. The largest absolute Gasteiger partial charge is 0.494 e. The van der Waals surface area contributed by atoms with Crippen LogP contribution >= 0.6 is 0 Å². The molecule has 1 unspecified atom stereocenters. The molecule has 2 aromatic carbocycles. The van der Waals surface area contributed by atoms with Crippen LogP contribution in [0.25, 0.3) is 10.9 Å². The van der Waals surface area contributed by atoms with Gasteiger partial charge >= 0.3 is 0 Å². The van der Waals surface area contributed by atoms with Crippen LogP contribution in [0.3, 0.4) is 0 Å². The molecule has 8 nitrogen and oxygen atoms in total. The molecular weight excluding hydrogens is 480 g/mol. The van der Waals surface area contributed by atoms with Crippen LogP contribution in [0.2, 0.25) is 0 Å². The Morgan fingerprint density at radius 1 is 1.11 bits per heavy atom. The molecule has 2 amide bonds. The molecule has 1 fully saturated rings. The highest BCUT2D eigenvalue weighted by atomic mass is 16.5. The highest BCUT2D eigenvalue weighted by Gasteiger charge is 2.44. The summed E-state index contributed by atoms with van der Waals surface area (Å²) >= 11 is 0. The van der Waals surface area contributed by atoms with Gasteiger partial charge in [0.25, 0.3) is 11.8 Å². The minimum absolute atomic E-state index is 0.242. The van der Waals surface area contributed by atoms with Crippen LogP contribution in [0.4, 0.5) is 5.69 Å². The van der Waals surface area contributed by atoms with Crippen molar-refractivity contribution in [2.24, 2.45) is 5.92 Å². The van der Waals surface area contributed by atoms with E-state index in [1.807, 2.05) is 43.3 Å². The Morgan fingerprint density at radius 3 is 2.32 bits per heavy atom. The summed E-state index contributed by atoms with van der Waals surface area (Å²) in [6.07, 6.45) is 5.39. The van der Waals surface area contributed by atoms with Crippen LogP contribution < -0.4 is 19.7 Å². The summed E-state index contributed by atoms with van der Waals surface area (Å²) < 4.78 is 13.1. The van der Waals surface area contributed by atoms with Crippen molar-refractivity contribution in [3.05, 3.63) is 53.7 Å². The van der Waals surface area contributed by atoms with Crippen LogP contribution in [0.15, 0.2) is 42.5 Å². The lowest BCUT2D eigenvalue weighted by Gasteiger charge is -2.36. The number of rotatable bonds is 8. The first-order valence-electron chi connectivity index (χ1n) is 13.1. The second-order valence-electron chi connectivity index (χ2n) is 10.1. The van der Waals surface area contributed by atoms with Crippen molar-refractivity contribution in [2.45, 2.75) is 51.5 Å². The van der Waals surface area contributed by atoms with E-state index < -0.39 is 11.4 Å². The maximum Gasteiger partial charge on any atom is 0.268 e. The maximum absolute atomic E-state index is 14.7. The Balaban J connectivity index is 1.95. The standard InChI is InChI=1S/C30H36N4O4/c1-20-15-25(37-4)27(26(16-20)38-5)33(18-21-11-7-6-8-12-21)29(36)30(2,19-31)34-23-14-10-9-13-22(23)17-24(34)28(35)32-3/h9-10,13-17,21H,6-8,11-12,18H2,1-5H3,(H,32,35). The van der Waals surface area contributed by atoms with Gasteiger partial charge in [0, 0.05) is 19.0 Å². The highest BCUT2D eigenvalue weighted by Crippen LogP contribution is 2.42. The fourth-order valence-corrected chi connectivity index (χ4v) is 5.58. The third-order valence-electron chi connectivity index (χ3n) is 7.56. The summed E-state index contributed by atoms with van der Waals surface area (Å²) in [6.45, 7) is 3.93. The number of nitrogens with one attached hydrogen (secondary N) is 1. The van der Waals surface area contributed by atoms with Crippen molar-refractivity contribution >= 4 is 28.4 Å². The number of carbonyl (C=O) groups is 2. The molecule has 0 spiro atoms. The third-order valence-corrected chi connectivity index (χ3v) is 7.56.